The van der Waals surface area contributed by atoms with Crippen molar-refractivity contribution in [3.8, 4) is 0 Å². The Morgan fingerprint density at radius 2 is 1.64 bits per heavy atom. The number of esters is 3. The minimum Gasteiger partial charge on any atom is -0.463 e. The monoisotopic (exact) mass is 543 g/mol. The number of halogens is 3. The van der Waals surface area contributed by atoms with Gasteiger partial charge in [-0.25, -0.2) is 0 Å². The predicted octanol–water partition coefficient (Wildman–Crippen LogP) is 2.58. The van der Waals surface area contributed by atoms with Gasteiger partial charge in [0.25, 0.3) is 0 Å². The average Bonchev–Trinajstić information content (AvgIpc) is 2.70. The number of carbonyl (C=O) groups excluding carboxylic acids is 3. The summed E-state index contributed by atoms with van der Waals surface area (Å²) in [4.78, 5) is 35.9. The van der Waals surface area contributed by atoms with E-state index in [0.717, 1.165) is 11.8 Å². The highest BCUT2D eigenvalue weighted by molar-refractivity contribution is 7.99. The molecule has 9 nitrogen and oxygen atoms in total. The normalized spacial score (nSPS) is 26.2. The van der Waals surface area contributed by atoms with Gasteiger partial charge in [-0.1, -0.05) is 64.8 Å². The maximum absolute atomic E-state index is 11.9. The Morgan fingerprint density at radius 1 is 1.06 bits per heavy atom. The lowest BCUT2D eigenvalue weighted by Crippen LogP contribution is -2.67. The Labute approximate surface area is 210 Å². The van der Waals surface area contributed by atoms with Gasteiger partial charge in [-0.2, -0.15) is 0 Å². The third-order valence-corrected chi connectivity index (χ3v) is 6.16. The van der Waals surface area contributed by atoms with Gasteiger partial charge in [-0.05, 0) is 12.1 Å². The molecule has 184 valence electrons. The molecule has 0 spiro atoms. The molecule has 13 heteroatoms. The van der Waals surface area contributed by atoms with Gasteiger partial charge in [0.05, 0.1) is 6.04 Å². The van der Waals surface area contributed by atoms with Gasteiger partial charge < -0.3 is 24.1 Å². The van der Waals surface area contributed by atoms with Crippen LogP contribution in [0, 0.1) is 0 Å². The number of rotatable bonds is 8. The summed E-state index contributed by atoms with van der Waals surface area (Å²) < 4.78 is 19.9. The highest BCUT2D eigenvalue weighted by Crippen LogP contribution is 2.37. The van der Waals surface area contributed by atoms with E-state index in [0.29, 0.717) is 0 Å². The third kappa shape index (κ3) is 8.79. The molecule has 0 aliphatic carbocycles. The van der Waals surface area contributed by atoms with Crippen molar-refractivity contribution in [1.29, 1.82) is 0 Å². The molecule has 33 heavy (non-hydrogen) atoms. The van der Waals surface area contributed by atoms with Crippen molar-refractivity contribution < 1.29 is 38.4 Å². The molecule has 0 saturated carbocycles. The Kier molecular flexibility index (Phi) is 10.5. The molecule has 2 rings (SSSR count). The first kappa shape index (κ1) is 28.0. The van der Waals surface area contributed by atoms with Crippen LogP contribution in [0.4, 0.5) is 0 Å². The van der Waals surface area contributed by atoms with Gasteiger partial charge in [-0.15, -0.1) is 0 Å². The lowest BCUT2D eigenvalue weighted by Gasteiger charge is -2.46. The summed E-state index contributed by atoms with van der Waals surface area (Å²) in [7, 11) is 0. The lowest BCUT2D eigenvalue weighted by atomic mass is 9.97. The van der Waals surface area contributed by atoms with Crippen molar-refractivity contribution in [3.63, 3.8) is 0 Å². The molecule has 2 N–H and O–H groups in total. The summed E-state index contributed by atoms with van der Waals surface area (Å²) in [5.41, 5.74) is -0.855. The molecule has 6 atom stereocenters. The summed E-state index contributed by atoms with van der Waals surface area (Å²) in [6.45, 7) is 3.27. The van der Waals surface area contributed by atoms with Crippen molar-refractivity contribution in [2.45, 2.75) is 65.5 Å². The van der Waals surface area contributed by atoms with Crippen LogP contribution in [0.3, 0.4) is 0 Å². The molecule has 1 heterocycles. The van der Waals surface area contributed by atoms with Crippen LogP contribution >= 0.6 is 46.6 Å². The molecule has 1 aliphatic heterocycles. The first-order valence-corrected chi connectivity index (χ1v) is 11.8. The Morgan fingerprint density at radius 3 is 2.15 bits per heavy atom. The van der Waals surface area contributed by atoms with Crippen LogP contribution in [-0.2, 0) is 33.3 Å². The largest absolute Gasteiger partial charge is 0.463 e. The number of thioether (sulfide) groups is 1. The third-order valence-electron chi connectivity index (χ3n) is 4.36. The maximum atomic E-state index is 11.9. The molecule has 1 aliphatic rings. The zero-order valence-electron chi connectivity index (χ0n) is 17.9. The number of benzene rings is 1. The second-order valence-corrected chi connectivity index (χ2v) is 10.6. The molecule has 0 aromatic heterocycles. The molecule has 1 aromatic rings. The van der Waals surface area contributed by atoms with Crippen LogP contribution in [0.25, 0.3) is 0 Å². The van der Waals surface area contributed by atoms with Crippen molar-refractivity contribution >= 4 is 64.5 Å². The highest BCUT2D eigenvalue weighted by Gasteiger charge is 2.52. The Balaban J connectivity index is 2.48. The van der Waals surface area contributed by atoms with E-state index in [2.05, 4.69) is 5.32 Å². The smallest absolute Gasteiger partial charge is 0.303 e. The van der Waals surface area contributed by atoms with E-state index in [4.69, 9.17) is 53.8 Å². The number of aliphatic hydroxyl groups is 1. The summed E-state index contributed by atoms with van der Waals surface area (Å²) in [6.07, 6.45) is -5.08. The van der Waals surface area contributed by atoms with Gasteiger partial charge in [0, 0.05) is 25.7 Å². The summed E-state index contributed by atoms with van der Waals surface area (Å²) in [5, 5.41) is 13.1. The highest BCUT2D eigenvalue weighted by atomic mass is 35.6. The minimum absolute atomic E-state index is 0.281. The fraction of sp³-hybridized carbons (Fsp3) is 0.550. The van der Waals surface area contributed by atoms with Crippen LogP contribution in [0.1, 0.15) is 20.8 Å². The van der Waals surface area contributed by atoms with Gasteiger partial charge in [0.1, 0.15) is 18.1 Å². The fourth-order valence-electron chi connectivity index (χ4n) is 3.09. The summed E-state index contributed by atoms with van der Waals surface area (Å²) in [5.74, 6) is -1.96. The Hall–Kier alpha value is -1.27. The van der Waals surface area contributed by atoms with Crippen molar-refractivity contribution in [3.05, 3.63) is 30.3 Å². The van der Waals surface area contributed by atoms with Gasteiger partial charge >= 0.3 is 17.9 Å². The molecule has 1 fully saturated rings. The van der Waals surface area contributed by atoms with Crippen molar-refractivity contribution in [2.24, 2.45) is 0 Å². The van der Waals surface area contributed by atoms with Gasteiger partial charge in [-0.3, -0.25) is 19.7 Å². The Bertz CT molecular complexity index is 825. The van der Waals surface area contributed by atoms with E-state index < -0.39 is 57.7 Å². The quantitative estimate of drug-likeness (QED) is 0.219. The second kappa shape index (κ2) is 12.4. The van der Waals surface area contributed by atoms with Crippen LogP contribution in [0.15, 0.2) is 35.2 Å². The van der Waals surface area contributed by atoms with E-state index >= 15 is 0 Å². The molecular formula is C20H24Cl3NO8S. The van der Waals surface area contributed by atoms with E-state index in [-0.39, 0.29) is 6.61 Å². The molecule has 0 unspecified atom stereocenters. The summed E-state index contributed by atoms with van der Waals surface area (Å²) >= 11 is 18.7. The number of ether oxygens (including phenoxy) is 4. The van der Waals surface area contributed by atoms with E-state index in [9.17, 15) is 19.5 Å². The number of hydrogen-bond acceptors (Lipinski definition) is 10. The number of aliphatic hydroxyl groups excluding tert-OH is 1. The SMILES string of the molecule is CC(=O)OC[C@@H]1O[C@H](Sc2ccccc2)[C@H](N[C@H](O)C(Cl)(Cl)Cl)[C@H](OC(C)=O)[C@H]1OC(C)=O. The van der Waals surface area contributed by atoms with Crippen molar-refractivity contribution in [1.82, 2.24) is 5.32 Å². The van der Waals surface area contributed by atoms with E-state index in [1.807, 2.05) is 30.3 Å². The summed E-state index contributed by atoms with van der Waals surface area (Å²) in [6, 6.07) is 8.07. The first-order chi connectivity index (χ1) is 15.4. The number of hydrogen-bond donors (Lipinski definition) is 2. The lowest BCUT2D eigenvalue weighted by molar-refractivity contribution is -0.214. The van der Waals surface area contributed by atoms with Crippen LogP contribution in [-0.4, -0.2) is 69.4 Å². The fourth-order valence-corrected chi connectivity index (χ4v) is 4.44. The topological polar surface area (TPSA) is 120 Å². The van der Waals surface area contributed by atoms with Crippen LogP contribution in [0.2, 0.25) is 0 Å². The maximum Gasteiger partial charge on any atom is 0.303 e. The predicted molar refractivity (Wildman–Crippen MR) is 122 cm³/mol. The molecule has 0 radical (unpaired) electrons. The molecule has 0 bridgehead atoms. The zero-order valence-corrected chi connectivity index (χ0v) is 21.0. The zero-order chi connectivity index (χ0) is 24.8. The number of carbonyl (C=O) groups is 3. The molecule has 1 saturated heterocycles. The first-order valence-electron chi connectivity index (χ1n) is 9.74. The molecular weight excluding hydrogens is 521 g/mol. The van der Waals surface area contributed by atoms with Crippen LogP contribution < -0.4 is 5.32 Å². The van der Waals surface area contributed by atoms with Gasteiger partial charge in [0.2, 0.25) is 3.79 Å². The minimum atomic E-state index is -2.13. The van der Waals surface area contributed by atoms with Crippen molar-refractivity contribution in [2.75, 3.05) is 6.61 Å². The molecule has 0 amide bonds. The molecule has 1 aromatic carbocycles. The van der Waals surface area contributed by atoms with Crippen LogP contribution in [0.5, 0.6) is 0 Å². The van der Waals surface area contributed by atoms with Gasteiger partial charge in [0.15, 0.2) is 18.4 Å². The average molecular weight is 545 g/mol. The number of alkyl halides is 3. The van der Waals surface area contributed by atoms with E-state index in [1.54, 1.807) is 0 Å². The second-order valence-electron chi connectivity index (χ2n) is 7.06. The van der Waals surface area contributed by atoms with E-state index in [1.165, 1.54) is 25.6 Å². The number of nitrogens with one attached hydrogen (secondary N) is 1. The standard InChI is InChI=1S/C20H24Cl3NO8S/c1-10(25)29-9-14-16(30-11(2)26)17(31-12(3)27)15(24-19(28)20(21,22)23)18(32-14)33-13-7-5-4-6-8-13/h4-8,14-19,24,28H,9H2,1-3H3/t14-,15+,16-,17-,18+,19+/m0/s1.